The van der Waals surface area contributed by atoms with Gasteiger partial charge in [-0.2, -0.15) is 0 Å². The number of halogens is 1. The molecule has 0 saturated carbocycles. The van der Waals surface area contributed by atoms with E-state index in [-0.39, 0.29) is 24.3 Å². The smallest absolute Gasteiger partial charge is 0.238 e. The summed E-state index contributed by atoms with van der Waals surface area (Å²) in [6.07, 6.45) is 1.82. The monoisotopic (exact) mass is 337 g/mol. The standard InChI is InChI=1S/C17H24ClN3O2/c1-12-6-7-15(14(18)9-12)19-16(22)11-21-8-4-5-13(10-21)17(23)20(2)3/h6-7,9,13H,4-5,8,10-11H2,1-3H3,(H,19,22). The quantitative estimate of drug-likeness (QED) is 0.917. The van der Waals surface area contributed by atoms with E-state index in [0.717, 1.165) is 24.9 Å². The number of hydrogen-bond donors (Lipinski definition) is 1. The van der Waals surface area contributed by atoms with Crippen LogP contribution in [0.15, 0.2) is 18.2 Å². The number of likely N-dealkylation sites (tertiary alicyclic amines) is 1. The minimum atomic E-state index is -0.103. The Morgan fingerprint density at radius 2 is 2.13 bits per heavy atom. The zero-order chi connectivity index (χ0) is 17.0. The van der Waals surface area contributed by atoms with Crippen molar-refractivity contribution in [1.29, 1.82) is 0 Å². The molecule has 1 saturated heterocycles. The van der Waals surface area contributed by atoms with Crippen LogP contribution in [0.25, 0.3) is 0 Å². The number of carbonyl (C=O) groups is 2. The van der Waals surface area contributed by atoms with Crippen molar-refractivity contribution in [3.8, 4) is 0 Å². The SMILES string of the molecule is Cc1ccc(NC(=O)CN2CCCC(C(=O)N(C)C)C2)c(Cl)c1. The van der Waals surface area contributed by atoms with E-state index in [4.69, 9.17) is 11.6 Å². The zero-order valence-corrected chi connectivity index (χ0v) is 14.7. The molecule has 6 heteroatoms. The fourth-order valence-corrected chi connectivity index (χ4v) is 3.16. The fourth-order valence-electron chi connectivity index (χ4n) is 2.88. The molecule has 1 heterocycles. The van der Waals surface area contributed by atoms with E-state index in [9.17, 15) is 9.59 Å². The van der Waals surface area contributed by atoms with Gasteiger partial charge in [0.2, 0.25) is 11.8 Å². The first kappa shape index (κ1) is 17.8. The van der Waals surface area contributed by atoms with Crippen molar-refractivity contribution in [2.75, 3.05) is 39.0 Å². The molecule has 1 N–H and O–H groups in total. The van der Waals surface area contributed by atoms with Gasteiger partial charge in [0.15, 0.2) is 0 Å². The number of anilines is 1. The highest BCUT2D eigenvalue weighted by Crippen LogP contribution is 2.23. The second-order valence-electron chi connectivity index (χ2n) is 6.34. The number of nitrogens with zero attached hydrogens (tertiary/aromatic N) is 2. The molecule has 1 fully saturated rings. The van der Waals surface area contributed by atoms with E-state index >= 15 is 0 Å². The van der Waals surface area contributed by atoms with Gasteiger partial charge in [0.05, 0.1) is 23.2 Å². The number of benzene rings is 1. The van der Waals surface area contributed by atoms with Crippen molar-refractivity contribution in [2.24, 2.45) is 5.92 Å². The molecular formula is C17H24ClN3O2. The van der Waals surface area contributed by atoms with Crippen LogP contribution in [0, 0.1) is 12.8 Å². The van der Waals surface area contributed by atoms with Gasteiger partial charge in [0.1, 0.15) is 0 Å². The third kappa shape index (κ3) is 4.94. The van der Waals surface area contributed by atoms with Crippen molar-refractivity contribution < 1.29 is 9.59 Å². The third-order valence-corrected chi connectivity index (χ3v) is 4.37. The molecule has 0 radical (unpaired) electrons. The minimum absolute atomic E-state index is 0.0190. The second-order valence-corrected chi connectivity index (χ2v) is 6.75. The van der Waals surface area contributed by atoms with Crippen molar-refractivity contribution in [3.63, 3.8) is 0 Å². The van der Waals surface area contributed by atoms with E-state index in [1.807, 2.05) is 30.0 Å². The fraction of sp³-hybridized carbons (Fsp3) is 0.529. The maximum Gasteiger partial charge on any atom is 0.238 e. The molecule has 0 aromatic heterocycles. The van der Waals surface area contributed by atoms with Crippen LogP contribution in [0.1, 0.15) is 18.4 Å². The van der Waals surface area contributed by atoms with Crippen molar-refractivity contribution in [3.05, 3.63) is 28.8 Å². The van der Waals surface area contributed by atoms with Crippen molar-refractivity contribution >= 4 is 29.1 Å². The summed E-state index contributed by atoms with van der Waals surface area (Å²) in [5.74, 6) is 0.0138. The predicted octanol–water partition coefficient (Wildman–Crippen LogP) is 2.39. The van der Waals surface area contributed by atoms with E-state index in [1.165, 1.54) is 0 Å². The highest BCUT2D eigenvalue weighted by atomic mass is 35.5. The number of carbonyl (C=O) groups excluding carboxylic acids is 2. The summed E-state index contributed by atoms with van der Waals surface area (Å²) in [6.45, 7) is 3.70. The maximum atomic E-state index is 12.2. The molecular weight excluding hydrogens is 314 g/mol. The minimum Gasteiger partial charge on any atom is -0.349 e. The lowest BCUT2D eigenvalue weighted by atomic mass is 9.97. The van der Waals surface area contributed by atoms with Crippen LogP contribution in [0.3, 0.4) is 0 Å². The van der Waals surface area contributed by atoms with Crippen molar-refractivity contribution in [1.82, 2.24) is 9.80 Å². The lowest BCUT2D eigenvalue weighted by Gasteiger charge is -2.32. The zero-order valence-electron chi connectivity index (χ0n) is 13.9. The summed E-state index contributed by atoms with van der Waals surface area (Å²) in [7, 11) is 3.54. The number of nitrogens with one attached hydrogen (secondary N) is 1. The van der Waals surface area contributed by atoms with Gasteiger partial charge in [0.25, 0.3) is 0 Å². The van der Waals surface area contributed by atoms with Crippen LogP contribution >= 0.6 is 11.6 Å². The highest BCUT2D eigenvalue weighted by Gasteiger charge is 2.27. The lowest BCUT2D eigenvalue weighted by Crippen LogP contribution is -2.45. The molecule has 0 bridgehead atoms. The van der Waals surface area contributed by atoms with Gasteiger partial charge < -0.3 is 10.2 Å². The molecule has 126 valence electrons. The lowest BCUT2D eigenvalue weighted by molar-refractivity contribution is -0.135. The Bertz CT molecular complexity index is 589. The third-order valence-electron chi connectivity index (χ3n) is 4.06. The van der Waals surface area contributed by atoms with Crippen molar-refractivity contribution in [2.45, 2.75) is 19.8 Å². The molecule has 1 atom stereocenters. The molecule has 23 heavy (non-hydrogen) atoms. The average molecular weight is 338 g/mol. The number of piperidine rings is 1. The average Bonchev–Trinajstić information content (AvgIpc) is 2.49. The summed E-state index contributed by atoms with van der Waals surface area (Å²) in [5, 5.41) is 3.38. The Hall–Kier alpha value is -1.59. The largest absolute Gasteiger partial charge is 0.349 e. The Kier molecular flexibility index (Phi) is 6.02. The summed E-state index contributed by atoms with van der Waals surface area (Å²) in [6, 6.07) is 5.54. The normalized spacial score (nSPS) is 18.5. The first-order chi connectivity index (χ1) is 10.9. The van der Waals surface area contributed by atoms with Crippen LogP contribution in [0.2, 0.25) is 5.02 Å². The Balaban J connectivity index is 1.91. The molecule has 2 amide bonds. The molecule has 0 aliphatic carbocycles. The van der Waals surface area contributed by atoms with E-state index < -0.39 is 0 Å². The van der Waals surface area contributed by atoms with E-state index in [1.54, 1.807) is 19.0 Å². The Morgan fingerprint density at radius 3 is 2.78 bits per heavy atom. The molecule has 1 aliphatic rings. The number of amides is 2. The Morgan fingerprint density at radius 1 is 1.39 bits per heavy atom. The van der Waals surface area contributed by atoms with Gasteiger partial charge in [-0.1, -0.05) is 17.7 Å². The summed E-state index contributed by atoms with van der Waals surface area (Å²) in [5.41, 5.74) is 1.68. The van der Waals surface area contributed by atoms with Gasteiger partial charge in [-0.25, -0.2) is 0 Å². The summed E-state index contributed by atoms with van der Waals surface area (Å²) < 4.78 is 0. The van der Waals surface area contributed by atoms with Gasteiger partial charge in [0, 0.05) is 20.6 Å². The highest BCUT2D eigenvalue weighted by molar-refractivity contribution is 6.33. The van der Waals surface area contributed by atoms with Gasteiger partial charge in [-0.3, -0.25) is 14.5 Å². The molecule has 2 rings (SSSR count). The van der Waals surface area contributed by atoms with Crippen LogP contribution in [0.4, 0.5) is 5.69 Å². The van der Waals surface area contributed by atoms with Gasteiger partial charge in [-0.05, 0) is 44.0 Å². The van der Waals surface area contributed by atoms with E-state index in [2.05, 4.69) is 5.32 Å². The number of rotatable bonds is 4. The predicted molar refractivity (Wildman–Crippen MR) is 92.7 cm³/mol. The van der Waals surface area contributed by atoms with Crippen LogP contribution < -0.4 is 5.32 Å². The first-order valence-electron chi connectivity index (χ1n) is 7.86. The van der Waals surface area contributed by atoms with Crippen LogP contribution in [-0.2, 0) is 9.59 Å². The van der Waals surface area contributed by atoms with Gasteiger partial charge in [-0.15, -0.1) is 0 Å². The first-order valence-corrected chi connectivity index (χ1v) is 8.24. The molecule has 1 aromatic rings. The van der Waals surface area contributed by atoms with Gasteiger partial charge >= 0.3 is 0 Å². The molecule has 5 nitrogen and oxygen atoms in total. The number of aryl methyl sites for hydroxylation is 1. The molecule has 0 spiro atoms. The van der Waals surface area contributed by atoms with Crippen LogP contribution in [-0.4, -0.2) is 55.3 Å². The molecule has 1 aromatic carbocycles. The second kappa shape index (κ2) is 7.79. The molecule has 1 unspecified atom stereocenters. The van der Waals surface area contributed by atoms with E-state index in [0.29, 0.717) is 17.3 Å². The summed E-state index contributed by atoms with van der Waals surface area (Å²) >= 11 is 6.14. The Labute approximate surface area is 142 Å². The maximum absolute atomic E-state index is 12.2. The van der Waals surface area contributed by atoms with Crippen LogP contribution in [0.5, 0.6) is 0 Å². The topological polar surface area (TPSA) is 52.7 Å². The molecule has 1 aliphatic heterocycles. The summed E-state index contributed by atoms with van der Waals surface area (Å²) in [4.78, 5) is 28.0. The number of hydrogen-bond acceptors (Lipinski definition) is 3.